The van der Waals surface area contributed by atoms with Gasteiger partial charge < -0.3 is 15.2 Å². The number of anilines is 1. The van der Waals surface area contributed by atoms with Gasteiger partial charge in [-0.15, -0.1) is 0 Å². The Labute approximate surface area is 202 Å². The Balaban J connectivity index is 1.21. The Kier molecular flexibility index (Phi) is 5.20. The van der Waals surface area contributed by atoms with Crippen molar-refractivity contribution < 1.29 is 18.4 Å². The summed E-state index contributed by atoms with van der Waals surface area (Å²) in [5.41, 5.74) is 2.08. The third-order valence-corrected chi connectivity index (χ3v) is 6.38. The maximum Gasteiger partial charge on any atom is 0.273 e. The summed E-state index contributed by atoms with van der Waals surface area (Å²) in [7, 11) is 0. The van der Waals surface area contributed by atoms with E-state index in [1.807, 2.05) is 0 Å². The molecular formula is C24H20F2N8O2. The molecule has 0 unspecified atom stereocenters. The van der Waals surface area contributed by atoms with Crippen molar-refractivity contribution in [2.75, 3.05) is 11.9 Å². The second-order valence-corrected chi connectivity index (χ2v) is 8.69. The van der Waals surface area contributed by atoms with Crippen LogP contribution in [0.2, 0.25) is 0 Å². The molecule has 1 aliphatic heterocycles. The van der Waals surface area contributed by atoms with Gasteiger partial charge in [0.25, 0.3) is 11.8 Å². The van der Waals surface area contributed by atoms with Crippen LogP contribution in [0.4, 0.5) is 14.6 Å². The molecule has 1 aromatic carbocycles. The number of nitrogens with zero attached hydrogens (tertiary/aromatic N) is 5. The number of likely N-dealkylation sites (tertiary alicyclic amines) is 1. The molecule has 0 aliphatic carbocycles. The molecule has 0 spiro atoms. The highest BCUT2D eigenvalue weighted by Crippen LogP contribution is 2.32. The van der Waals surface area contributed by atoms with Gasteiger partial charge in [-0.05, 0) is 43.5 Å². The van der Waals surface area contributed by atoms with Crippen LogP contribution in [-0.4, -0.2) is 53.0 Å². The Bertz CT molecular complexity index is 1620. The summed E-state index contributed by atoms with van der Waals surface area (Å²) in [6.45, 7) is 0.580. The van der Waals surface area contributed by atoms with Crippen molar-refractivity contribution in [2.45, 2.75) is 25.3 Å². The molecule has 1 atom stereocenters. The van der Waals surface area contributed by atoms with E-state index in [1.165, 1.54) is 12.4 Å². The molecule has 182 valence electrons. The summed E-state index contributed by atoms with van der Waals surface area (Å²) in [6.07, 6.45) is 5.64. The van der Waals surface area contributed by atoms with Crippen molar-refractivity contribution >= 4 is 34.2 Å². The van der Waals surface area contributed by atoms with Crippen LogP contribution < -0.4 is 5.32 Å². The lowest BCUT2D eigenvalue weighted by Gasteiger charge is -2.35. The number of pyridine rings is 1. The second kappa shape index (κ2) is 8.56. The molecule has 12 heteroatoms. The van der Waals surface area contributed by atoms with Crippen LogP contribution in [0.5, 0.6) is 0 Å². The lowest BCUT2D eigenvalue weighted by Crippen LogP contribution is -2.38. The number of carbonyl (C=O) groups is 2. The normalized spacial score (nSPS) is 16.1. The van der Waals surface area contributed by atoms with E-state index in [-0.39, 0.29) is 34.4 Å². The summed E-state index contributed by atoms with van der Waals surface area (Å²) in [4.78, 5) is 34.7. The highest BCUT2D eigenvalue weighted by molar-refractivity contribution is 6.05. The Morgan fingerprint density at radius 1 is 1.11 bits per heavy atom. The molecule has 0 bridgehead atoms. The minimum Gasteiger partial charge on any atom is -0.350 e. The largest absolute Gasteiger partial charge is 0.350 e. The van der Waals surface area contributed by atoms with Crippen molar-refractivity contribution in [2.24, 2.45) is 0 Å². The number of piperidine rings is 1. The number of aromatic amines is 2. The molecule has 4 aromatic heterocycles. The van der Waals surface area contributed by atoms with Gasteiger partial charge in [0.2, 0.25) is 0 Å². The van der Waals surface area contributed by atoms with E-state index in [0.717, 1.165) is 31.4 Å². The standard InChI is InChI=1S/C24H20F2N8O2/c25-14-7-16(26)15-9-19(29-17(15)8-14)23(35)30-21-10-18(31-32-21)20-3-1-2-6-33(20)24(36)13-4-5-22-27-12-28-34(22)11-13/h4-5,7-12,20,29H,1-3,6H2,(H2,30,31,32,35)/t20-/m0/s1. The number of nitrogens with one attached hydrogen (secondary N) is 3. The summed E-state index contributed by atoms with van der Waals surface area (Å²) in [6, 6.07) is 8.11. The Morgan fingerprint density at radius 2 is 2.00 bits per heavy atom. The summed E-state index contributed by atoms with van der Waals surface area (Å²) >= 11 is 0. The van der Waals surface area contributed by atoms with E-state index in [1.54, 1.807) is 33.8 Å². The number of halogens is 2. The highest BCUT2D eigenvalue weighted by Gasteiger charge is 2.30. The van der Waals surface area contributed by atoms with Gasteiger partial charge in [-0.1, -0.05) is 0 Å². The lowest BCUT2D eigenvalue weighted by molar-refractivity contribution is 0.0605. The highest BCUT2D eigenvalue weighted by atomic mass is 19.1. The van der Waals surface area contributed by atoms with Crippen molar-refractivity contribution in [3.63, 3.8) is 0 Å². The molecule has 5 aromatic rings. The molecule has 36 heavy (non-hydrogen) atoms. The van der Waals surface area contributed by atoms with Gasteiger partial charge in [0, 0.05) is 30.3 Å². The predicted molar refractivity (Wildman–Crippen MR) is 125 cm³/mol. The molecule has 3 N–H and O–H groups in total. The van der Waals surface area contributed by atoms with E-state index in [4.69, 9.17) is 0 Å². The average molecular weight is 490 g/mol. The first-order valence-electron chi connectivity index (χ1n) is 11.4. The van der Waals surface area contributed by atoms with Gasteiger partial charge in [-0.25, -0.2) is 18.3 Å². The van der Waals surface area contributed by atoms with E-state index >= 15 is 0 Å². The molecule has 0 radical (unpaired) electrons. The average Bonchev–Trinajstić information content (AvgIpc) is 3.62. The molecule has 2 amide bonds. The molecular weight excluding hydrogens is 470 g/mol. The van der Waals surface area contributed by atoms with E-state index in [9.17, 15) is 18.4 Å². The maximum atomic E-state index is 14.0. The molecule has 5 heterocycles. The van der Waals surface area contributed by atoms with Gasteiger partial charge in [0.15, 0.2) is 11.5 Å². The zero-order chi connectivity index (χ0) is 24.8. The van der Waals surface area contributed by atoms with Gasteiger partial charge in [0.1, 0.15) is 23.7 Å². The number of H-pyrrole nitrogens is 2. The smallest absolute Gasteiger partial charge is 0.273 e. The van der Waals surface area contributed by atoms with Crippen molar-refractivity contribution in [3.8, 4) is 0 Å². The fourth-order valence-electron chi connectivity index (χ4n) is 4.64. The van der Waals surface area contributed by atoms with Crippen LogP contribution in [-0.2, 0) is 0 Å². The Hall–Kier alpha value is -4.61. The summed E-state index contributed by atoms with van der Waals surface area (Å²) < 4.78 is 29.0. The number of hydrogen-bond acceptors (Lipinski definition) is 5. The molecule has 1 saturated heterocycles. The summed E-state index contributed by atoms with van der Waals surface area (Å²) in [5.74, 6) is -1.93. The van der Waals surface area contributed by atoms with Crippen molar-refractivity contribution in [1.29, 1.82) is 0 Å². The Morgan fingerprint density at radius 3 is 2.89 bits per heavy atom. The summed E-state index contributed by atoms with van der Waals surface area (Å²) in [5, 5.41) is 14.0. The number of carbonyl (C=O) groups excluding carboxylic acids is 2. The number of hydrogen-bond donors (Lipinski definition) is 3. The second-order valence-electron chi connectivity index (χ2n) is 8.69. The van der Waals surface area contributed by atoms with E-state index < -0.39 is 17.5 Å². The maximum absolute atomic E-state index is 14.0. The van der Waals surface area contributed by atoms with Crippen LogP contribution in [0.3, 0.4) is 0 Å². The van der Waals surface area contributed by atoms with Crippen LogP contribution in [0.1, 0.15) is 51.8 Å². The minimum atomic E-state index is -0.757. The topological polar surface area (TPSA) is 124 Å². The molecule has 0 saturated carbocycles. The van der Waals surface area contributed by atoms with E-state index in [2.05, 4.69) is 30.6 Å². The van der Waals surface area contributed by atoms with Crippen LogP contribution in [0.25, 0.3) is 16.6 Å². The predicted octanol–water partition coefficient (Wildman–Crippen LogP) is 3.83. The first-order valence-corrected chi connectivity index (χ1v) is 11.4. The number of aromatic nitrogens is 6. The quantitative estimate of drug-likeness (QED) is 0.353. The number of fused-ring (bicyclic) bond motifs is 2. The number of benzene rings is 1. The third-order valence-electron chi connectivity index (χ3n) is 6.38. The number of amides is 2. The van der Waals surface area contributed by atoms with Crippen LogP contribution in [0.15, 0.2) is 48.9 Å². The molecule has 1 fully saturated rings. The van der Waals surface area contributed by atoms with Gasteiger partial charge in [-0.3, -0.25) is 14.7 Å². The van der Waals surface area contributed by atoms with Gasteiger partial charge in [-0.2, -0.15) is 10.2 Å². The molecule has 6 rings (SSSR count). The first kappa shape index (κ1) is 21.9. The van der Waals surface area contributed by atoms with Crippen LogP contribution in [0, 0.1) is 11.6 Å². The van der Waals surface area contributed by atoms with Crippen molar-refractivity contribution in [3.05, 3.63) is 77.5 Å². The zero-order valence-electron chi connectivity index (χ0n) is 18.8. The van der Waals surface area contributed by atoms with E-state index in [0.29, 0.717) is 23.4 Å². The van der Waals surface area contributed by atoms with Crippen molar-refractivity contribution in [1.82, 2.24) is 34.7 Å². The van der Waals surface area contributed by atoms with Gasteiger partial charge in [0.05, 0.1) is 22.8 Å². The zero-order valence-corrected chi connectivity index (χ0v) is 18.8. The third kappa shape index (κ3) is 3.85. The molecule has 1 aliphatic rings. The molecule has 10 nitrogen and oxygen atoms in total. The first-order chi connectivity index (χ1) is 17.5. The monoisotopic (exact) mass is 490 g/mol. The minimum absolute atomic E-state index is 0.0667. The fourth-order valence-corrected chi connectivity index (χ4v) is 4.64. The number of rotatable bonds is 4. The van der Waals surface area contributed by atoms with Gasteiger partial charge >= 0.3 is 0 Å². The van der Waals surface area contributed by atoms with Crippen LogP contribution >= 0.6 is 0 Å². The lowest BCUT2D eigenvalue weighted by atomic mass is 9.98. The SMILES string of the molecule is O=C(Nc1cc([C@@H]2CCCCN2C(=O)c2ccc3ncnn3c2)[nH]n1)c1cc2c(F)cc(F)cc2[nH]1. The fraction of sp³-hybridized carbons (Fsp3) is 0.208.